The Labute approximate surface area is 121 Å². The van der Waals surface area contributed by atoms with Gasteiger partial charge >= 0.3 is 5.97 Å². The number of hydrogen-bond donors (Lipinski definition) is 1. The molecule has 1 N–H and O–H groups in total. The Bertz CT molecular complexity index is 403. The van der Waals surface area contributed by atoms with Gasteiger partial charge in [0.05, 0.1) is 13.0 Å². The SMILES string of the molecule is CCCCN(Cc1ccc(OC)cc1)CC(C)C(=O)O. The second-order valence-corrected chi connectivity index (χ2v) is 5.18. The van der Waals surface area contributed by atoms with Gasteiger partial charge in [-0.05, 0) is 30.7 Å². The Morgan fingerprint density at radius 1 is 1.35 bits per heavy atom. The monoisotopic (exact) mass is 279 g/mol. The van der Waals surface area contributed by atoms with Crippen LogP contribution in [0.15, 0.2) is 24.3 Å². The lowest BCUT2D eigenvalue weighted by Gasteiger charge is -2.24. The second-order valence-electron chi connectivity index (χ2n) is 5.18. The number of aliphatic carboxylic acids is 1. The molecule has 0 amide bonds. The number of nitrogens with zero attached hydrogens (tertiary/aromatic N) is 1. The van der Waals surface area contributed by atoms with Crippen LogP contribution in [0.4, 0.5) is 0 Å². The van der Waals surface area contributed by atoms with Crippen LogP contribution in [-0.2, 0) is 11.3 Å². The van der Waals surface area contributed by atoms with Crippen LogP contribution in [0.2, 0.25) is 0 Å². The van der Waals surface area contributed by atoms with Gasteiger partial charge in [0.25, 0.3) is 0 Å². The van der Waals surface area contributed by atoms with Gasteiger partial charge < -0.3 is 9.84 Å². The molecular formula is C16H25NO3. The third kappa shape index (κ3) is 5.61. The maximum Gasteiger partial charge on any atom is 0.307 e. The van der Waals surface area contributed by atoms with E-state index in [0.717, 1.165) is 31.7 Å². The normalized spacial score (nSPS) is 12.4. The Kier molecular flexibility index (Phi) is 7.09. The van der Waals surface area contributed by atoms with E-state index in [0.29, 0.717) is 6.54 Å². The summed E-state index contributed by atoms with van der Waals surface area (Å²) in [5, 5.41) is 9.05. The Morgan fingerprint density at radius 2 is 2.00 bits per heavy atom. The number of carbonyl (C=O) groups is 1. The molecule has 0 radical (unpaired) electrons. The molecule has 1 atom stereocenters. The topological polar surface area (TPSA) is 49.8 Å². The van der Waals surface area contributed by atoms with Crippen molar-refractivity contribution in [3.63, 3.8) is 0 Å². The molecule has 0 heterocycles. The fourth-order valence-corrected chi connectivity index (χ4v) is 2.07. The molecule has 1 unspecified atom stereocenters. The maximum atomic E-state index is 11.0. The van der Waals surface area contributed by atoms with Crippen molar-refractivity contribution in [2.24, 2.45) is 5.92 Å². The molecule has 0 saturated heterocycles. The van der Waals surface area contributed by atoms with Crippen LogP contribution in [0.5, 0.6) is 5.75 Å². The van der Waals surface area contributed by atoms with Gasteiger partial charge in [-0.25, -0.2) is 0 Å². The van der Waals surface area contributed by atoms with Gasteiger partial charge in [-0.3, -0.25) is 9.69 Å². The lowest BCUT2D eigenvalue weighted by Crippen LogP contribution is -2.32. The van der Waals surface area contributed by atoms with Crippen LogP contribution >= 0.6 is 0 Å². The predicted molar refractivity (Wildman–Crippen MR) is 80.0 cm³/mol. The van der Waals surface area contributed by atoms with Gasteiger partial charge in [-0.2, -0.15) is 0 Å². The van der Waals surface area contributed by atoms with Gasteiger partial charge in [0.15, 0.2) is 0 Å². The van der Waals surface area contributed by atoms with Crippen LogP contribution in [0.1, 0.15) is 32.3 Å². The summed E-state index contributed by atoms with van der Waals surface area (Å²) < 4.78 is 5.14. The minimum absolute atomic E-state index is 0.342. The predicted octanol–water partition coefficient (Wildman–Crippen LogP) is 3.02. The molecule has 112 valence electrons. The van der Waals surface area contributed by atoms with Crippen molar-refractivity contribution >= 4 is 5.97 Å². The molecule has 0 bridgehead atoms. The number of unbranched alkanes of at least 4 members (excludes halogenated alkanes) is 1. The van der Waals surface area contributed by atoms with Crippen molar-refractivity contribution < 1.29 is 14.6 Å². The first-order valence-electron chi connectivity index (χ1n) is 7.15. The lowest BCUT2D eigenvalue weighted by molar-refractivity contribution is -0.141. The fraction of sp³-hybridized carbons (Fsp3) is 0.562. The summed E-state index contributed by atoms with van der Waals surface area (Å²) in [5.41, 5.74) is 1.18. The highest BCUT2D eigenvalue weighted by atomic mass is 16.5. The van der Waals surface area contributed by atoms with Crippen molar-refractivity contribution in [3.05, 3.63) is 29.8 Å². The van der Waals surface area contributed by atoms with E-state index in [1.54, 1.807) is 14.0 Å². The highest BCUT2D eigenvalue weighted by Crippen LogP contribution is 2.14. The molecule has 1 aromatic rings. The molecule has 4 nitrogen and oxygen atoms in total. The zero-order valence-corrected chi connectivity index (χ0v) is 12.6. The van der Waals surface area contributed by atoms with Crippen LogP contribution < -0.4 is 4.74 Å². The molecule has 1 aromatic carbocycles. The standard InChI is InChI=1S/C16H25NO3/c1-4-5-10-17(11-13(2)16(18)19)12-14-6-8-15(20-3)9-7-14/h6-9,13H,4-5,10-12H2,1-3H3,(H,18,19). The molecule has 0 aromatic heterocycles. The molecule has 1 rings (SSSR count). The van der Waals surface area contributed by atoms with E-state index in [9.17, 15) is 4.79 Å². The third-order valence-electron chi connectivity index (χ3n) is 3.35. The molecule has 0 saturated carbocycles. The summed E-state index contributed by atoms with van der Waals surface area (Å²) >= 11 is 0. The quantitative estimate of drug-likeness (QED) is 0.755. The molecule has 0 aliphatic heterocycles. The first-order valence-corrected chi connectivity index (χ1v) is 7.15. The number of carboxylic acid groups (broad SMARTS) is 1. The highest BCUT2D eigenvalue weighted by Gasteiger charge is 2.16. The van der Waals surface area contributed by atoms with Crippen molar-refractivity contribution in [2.75, 3.05) is 20.2 Å². The van der Waals surface area contributed by atoms with E-state index in [-0.39, 0.29) is 5.92 Å². The van der Waals surface area contributed by atoms with Crippen LogP contribution in [0.3, 0.4) is 0 Å². The number of hydrogen-bond acceptors (Lipinski definition) is 3. The van der Waals surface area contributed by atoms with E-state index in [4.69, 9.17) is 9.84 Å². The number of carboxylic acids is 1. The second kappa shape index (κ2) is 8.59. The van der Waals surface area contributed by atoms with E-state index < -0.39 is 5.97 Å². The van der Waals surface area contributed by atoms with E-state index in [1.807, 2.05) is 24.3 Å². The molecule has 20 heavy (non-hydrogen) atoms. The first-order chi connectivity index (χ1) is 9.56. The average molecular weight is 279 g/mol. The van der Waals surface area contributed by atoms with Gasteiger partial charge in [0.2, 0.25) is 0 Å². The fourth-order valence-electron chi connectivity index (χ4n) is 2.07. The minimum atomic E-state index is -0.735. The largest absolute Gasteiger partial charge is 0.497 e. The van der Waals surface area contributed by atoms with Crippen LogP contribution in [0.25, 0.3) is 0 Å². The minimum Gasteiger partial charge on any atom is -0.497 e. The molecule has 4 heteroatoms. The molecule has 0 spiro atoms. The van der Waals surface area contributed by atoms with Crippen molar-refractivity contribution in [3.8, 4) is 5.75 Å². The Morgan fingerprint density at radius 3 is 2.50 bits per heavy atom. The lowest BCUT2D eigenvalue weighted by atomic mass is 10.1. The third-order valence-corrected chi connectivity index (χ3v) is 3.35. The summed E-state index contributed by atoms with van der Waals surface area (Å²) in [6.07, 6.45) is 2.20. The summed E-state index contributed by atoms with van der Waals surface area (Å²) in [4.78, 5) is 13.2. The highest BCUT2D eigenvalue weighted by molar-refractivity contribution is 5.69. The number of benzene rings is 1. The van der Waals surface area contributed by atoms with Gasteiger partial charge in [0, 0.05) is 13.1 Å². The first kappa shape index (κ1) is 16.5. The summed E-state index contributed by atoms with van der Waals surface area (Å²) in [6, 6.07) is 7.94. The molecular weight excluding hydrogens is 254 g/mol. The Balaban J connectivity index is 2.64. The van der Waals surface area contributed by atoms with E-state index >= 15 is 0 Å². The summed E-state index contributed by atoms with van der Waals surface area (Å²) in [5.74, 6) is -0.237. The van der Waals surface area contributed by atoms with Gasteiger partial charge in [-0.1, -0.05) is 32.4 Å². The number of methoxy groups -OCH3 is 1. The molecule has 0 aliphatic carbocycles. The van der Waals surface area contributed by atoms with Gasteiger partial charge in [-0.15, -0.1) is 0 Å². The van der Waals surface area contributed by atoms with Crippen LogP contribution in [-0.4, -0.2) is 36.2 Å². The van der Waals surface area contributed by atoms with Crippen LogP contribution in [0, 0.1) is 5.92 Å². The van der Waals surface area contributed by atoms with Gasteiger partial charge in [0.1, 0.15) is 5.75 Å². The Hall–Kier alpha value is -1.55. The summed E-state index contributed by atoms with van der Waals surface area (Å²) in [7, 11) is 1.65. The van der Waals surface area contributed by atoms with Crippen molar-refractivity contribution in [1.82, 2.24) is 4.90 Å². The zero-order valence-electron chi connectivity index (χ0n) is 12.6. The van der Waals surface area contributed by atoms with Crippen molar-refractivity contribution in [1.29, 1.82) is 0 Å². The average Bonchev–Trinajstić information content (AvgIpc) is 2.45. The van der Waals surface area contributed by atoms with E-state index in [2.05, 4.69) is 11.8 Å². The summed E-state index contributed by atoms with van der Waals surface area (Å²) in [6.45, 7) is 6.20. The molecule has 0 aliphatic rings. The zero-order chi connectivity index (χ0) is 15.0. The maximum absolute atomic E-state index is 11.0. The number of rotatable bonds is 9. The smallest absolute Gasteiger partial charge is 0.307 e. The molecule has 0 fully saturated rings. The van der Waals surface area contributed by atoms with E-state index in [1.165, 1.54) is 5.56 Å². The van der Waals surface area contributed by atoms with Crippen molar-refractivity contribution in [2.45, 2.75) is 33.2 Å². The number of ether oxygens (including phenoxy) is 1.